The number of aromatic nitrogens is 1. The summed E-state index contributed by atoms with van der Waals surface area (Å²) >= 11 is 1.62. The second-order valence-corrected chi connectivity index (χ2v) is 5.05. The number of hydrogen-bond donors (Lipinski definition) is 1. The van der Waals surface area contributed by atoms with Crippen molar-refractivity contribution < 1.29 is 9.84 Å². The number of nitrogens with zero attached hydrogens (tertiary/aromatic N) is 1. The van der Waals surface area contributed by atoms with Gasteiger partial charge in [-0.3, -0.25) is 0 Å². The van der Waals surface area contributed by atoms with E-state index in [9.17, 15) is 5.11 Å². The summed E-state index contributed by atoms with van der Waals surface area (Å²) in [6.07, 6.45) is 3.60. The molecule has 4 heteroatoms. The van der Waals surface area contributed by atoms with Crippen molar-refractivity contribution in [1.82, 2.24) is 4.98 Å². The minimum atomic E-state index is -0.307. The van der Waals surface area contributed by atoms with Gasteiger partial charge in [0.05, 0.1) is 17.2 Å². The van der Waals surface area contributed by atoms with Gasteiger partial charge in [-0.1, -0.05) is 0 Å². The molecule has 15 heavy (non-hydrogen) atoms. The van der Waals surface area contributed by atoms with E-state index in [0.717, 1.165) is 36.6 Å². The highest BCUT2D eigenvalue weighted by molar-refractivity contribution is 7.09. The van der Waals surface area contributed by atoms with Crippen LogP contribution in [-0.4, -0.2) is 28.9 Å². The van der Waals surface area contributed by atoms with Crippen molar-refractivity contribution in [3.8, 4) is 0 Å². The predicted molar refractivity (Wildman–Crippen MR) is 60.2 cm³/mol. The highest BCUT2D eigenvalue weighted by Crippen LogP contribution is 2.19. The van der Waals surface area contributed by atoms with Crippen molar-refractivity contribution in [3.63, 3.8) is 0 Å². The second kappa shape index (κ2) is 5.05. The number of thiazole rings is 1. The molecule has 1 saturated heterocycles. The standard InChI is InChI=1S/C11H17NO2S/c1-8-7-15-11(12-8)6-9(13)5-10-3-2-4-14-10/h7,9-10,13H,2-6H2,1H3. The van der Waals surface area contributed by atoms with Gasteiger partial charge in [-0.25, -0.2) is 4.98 Å². The third kappa shape index (κ3) is 3.26. The molecule has 84 valence electrons. The molecular formula is C11H17NO2S. The number of rotatable bonds is 4. The van der Waals surface area contributed by atoms with Gasteiger partial charge in [0.1, 0.15) is 0 Å². The summed E-state index contributed by atoms with van der Waals surface area (Å²) in [5, 5.41) is 12.9. The van der Waals surface area contributed by atoms with E-state index < -0.39 is 0 Å². The molecule has 0 bridgehead atoms. The van der Waals surface area contributed by atoms with Gasteiger partial charge in [0.2, 0.25) is 0 Å². The van der Waals surface area contributed by atoms with Crippen molar-refractivity contribution in [2.45, 2.75) is 44.8 Å². The summed E-state index contributed by atoms with van der Waals surface area (Å²) in [6, 6.07) is 0. The van der Waals surface area contributed by atoms with Crippen LogP contribution in [0.1, 0.15) is 30.0 Å². The van der Waals surface area contributed by atoms with Gasteiger partial charge in [-0.05, 0) is 26.2 Å². The van der Waals surface area contributed by atoms with Crippen molar-refractivity contribution in [2.75, 3.05) is 6.61 Å². The van der Waals surface area contributed by atoms with Crippen LogP contribution in [-0.2, 0) is 11.2 Å². The van der Waals surface area contributed by atoms with Crippen LogP contribution in [0, 0.1) is 6.92 Å². The van der Waals surface area contributed by atoms with Gasteiger partial charge in [0.25, 0.3) is 0 Å². The molecule has 0 saturated carbocycles. The zero-order valence-corrected chi connectivity index (χ0v) is 9.80. The van der Waals surface area contributed by atoms with Crippen LogP contribution >= 0.6 is 11.3 Å². The number of ether oxygens (including phenoxy) is 1. The minimum absolute atomic E-state index is 0.265. The van der Waals surface area contributed by atoms with Crippen LogP contribution in [0.5, 0.6) is 0 Å². The van der Waals surface area contributed by atoms with E-state index in [1.807, 2.05) is 12.3 Å². The molecule has 1 N–H and O–H groups in total. The van der Waals surface area contributed by atoms with Gasteiger partial charge in [0.15, 0.2) is 0 Å². The molecule has 2 heterocycles. The molecule has 1 fully saturated rings. The van der Waals surface area contributed by atoms with Gasteiger partial charge in [-0.2, -0.15) is 0 Å². The molecule has 3 nitrogen and oxygen atoms in total. The van der Waals surface area contributed by atoms with E-state index in [1.165, 1.54) is 0 Å². The fourth-order valence-electron chi connectivity index (χ4n) is 1.92. The van der Waals surface area contributed by atoms with E-state index in [1.54, 1.807) is 11.3 Å². The summed E-state index contributed by atoms with van der Waals surface area (Å²) in [7, 11) is 0. The Morgan fingerprint density at radius 1 is 1.73 bits per heavy atom. The molecule has 0 aromatic carbocycles. The Bertz CT molecular complexity index is 307. The first-order valence-electron chi connectivity index (χ1n) is 5.44. The van der Waals surface area contributed by atoms with Crippen LogP contribution < -0.4 is 0 Å². The molecule has 1 aromatic rings. The lowest BCUT2D eigenvalue weighted by Gasteiger charge is -2.13. The highest BCUT2D eigenvalue weighted by atomic mass is 32.1. The molecule has 1 aliphatic heterocycles. The summed E-state index contributed by atoms with van der Waals surface area (Å²) in [5.41, 5.74) is 1.04. The monoisotopic (exact) mass is 227 g/mol. The van der Waals surface area contributed by atoms with Crippen LogP contribution in [0.2, 0.25) is 0 Å². The Morgan fingerprint density at radius 3 is 3.20 bits per heavy atom. The fourth-order valence-corrected chi connectivity index (χ4v) is 2.76. The first-order chi connectivity index (χ1) is 7.24. The highest BCUT2D eigenvalue weighted by Gasteiger charge is 2.20. The number of aliphatic hydroxyl groups excluding tert-OH is 1. The molecule has 1 aromatic heterocycles. The Hall–Kier alpha value is -0.450. The Kier molecular flexibility index (Phi) is 3.72. The maximum atomic E-state index is 9.86. The van der Waals surface area contributed by atoms with E-state index in [4.69, 9.17) is 4.74 Å². The molecule has 1 aliphatic rings. The number of aryl methyl sites for hydroxylation is 1. The van der Waals surface area contributed by atoms with E-state index in [0.29, 0.717) is 6.42 Å². The molecule has 0 spiro atoms. The average molecular weight is 227 g/mol. The Labute approximate surface area is 94.1 Å². The topological polar surface area (TPSA) is 42.4 Å². The van der Waals surface area contributed by atoms with E-state index in [2.05, 4.69) is 4.98 Å². The average Bonchev–Trinajstić information content (AvgIpc) is 2.77. The maximum absolute atomic E-state index is 9.86. The minimum Gasteiger partial charge on any atom is -0.393 e. The lowest BCUT2D eigenvalue weighted by Crippen LogP contribution is -2.19. The van der Waals surface area contributed by atoms with Gasteiger partial charge < -0.3 is 9.84 Å². The molecule has 2 atom stereocenters. The van der Waals surface area contributed by atoms with Crippen LogP contribution in [0.25, 0.3) is 0 Å². The maximum Gasteiger partial charge on any atom is 0.0953 e. The quantitative estimate of drug-likeness (QED) is 0.854. The first-order valence-corrected chi connectivity index (χ1v) is 6.32. The number of hydrogen-bond acceptors (Lipinski definition) is 4. The molecular weight excluding hydrogens is 210 g/mol. The smallest absolute Gasteiger partial charge is 0.0953 e. The summed E-state index contributed by atoms with van der Waals surface area (Å²) in [6.45, 7) is 2.83. The third-order valence-electron chi connectivity index (χ3n) is 2.64. The zero-order chi connectivity index (χ0) is 10.7. The summed E-state index contributed by atoms with van der Waals surface area (Å²) in [5.74, 6) is 0. The van der Waals surface area contributed by atoms with Gasteiger partial charge in [0, 0.05) is 24.1 Å². The SMILES string of the molecule is Cc1csc(CC(O)CC2CCCO2)n1. The van der Waals surface area contributed by atoms with E-state index in [-0.39, 0.29) is 12.2 Å². The predicted octanol–water partition coefficient (Wildman–Crippen LogP) is 1.92. The molecule has 0 radical (unpaired) electrons. The van der Waals surface area contributed by atoms with Crippen molar-refractivity contribution in [2.24, 2.45) is 0 Å². The Morgan fingerprint density at radius 2 is 2.60 bits per heavy atom. The van der Waals surface area contributed by atoms with Crippen LogP contribution in [0.3, 0.4) is 0 Å². The van der Waals surface area contributed by atoms with Gasteiger partial charge >= 0.3 is 0 Å². The largest absolute Gasteiger partial charge is 0.393 e. The third-order valence-corrected chi connectivity index (χ3v) is 3.62. The van der Waals surface area contributed by atoms with Crippen molar-refractivity contribution >= 4 is 11.3 Å². The van der Waals surface area contributed by atoms with E-state index >= 15 is 0 Å². The molecule has 2 rings (SSSR count). The summed E-state index contributed by atoms with van der Waals surface area (Å²) in [4.78, 5) is 4.34. The zero-order valence-electron chi connectivity index (χ0n) is 8.98. The second-order valence-electron chi connectivity index (χ2n) is 4.11. The molecule has 2 unspecified atom stereocenters. The van der Waals surface area contributed by atoms with Crippen LogP contribution in [0.4, 0.5) is 0 Å². The molecule has 0 aliphatic carbocycles. The fraction of sp³-hybridized carbons (Fsp3) is 0.727. The van der Waals surface area contributed by atoms with Crippen LogP contribution in [0.15, 0.2) is 5.38 Å². The lowest BCUT2D eigenvalue weighted by atomic mass is 10.1. The number of aliphatic hydroxyl groups is 1. The van der Waals surface area contributed by atoms with Crippen molar-refractivity contribution in [3.05, 3.63) is 16.1 Å². The normalized spacial score (nSPS) is 23.2. The van der Waals surface area contributed by atoms with Crippen molar-refractivity contribution in [1.29, 1.82) is 0 Å². The molecule has 0 amide bonds. The first kappa shape index (κ1) is 11.0. The van der Waals surface area contributed by atoms with Gasteiger partial charge in [-0.15, -0.1) is 11.3 Å². The Balaban J connectivity index is 1.78. The summed E-state index contributed by atoms with van der Waals surface area (Å²) < 4.78 is 5.49. The lowest BCUT2D eigenvalue weighted by molar-refractivity contribution is 0.0540.